The minimum absolute atomic E-state index is 0.0742. The minimum Gasteiger partial charge on any atom is -0.497 e. The van der Waals surface area contributed by atoms with Gasteiger partial charge in [-0.25, -0.2) is 4.39 Å². The fourth-order valence-corrected chi connectivity index (χ4v) is 3.19. The highest BCUT2D eigenvalue weighted by atomic mass is 19.1. The average molecular weight is 342 g/mol. The smallest absolute Gasteiger partial charge is 0.256 e. The van der Waals surface area contributed by atoms with Crippen molar-refractivity contribution in [3.05, 3.63) is 53.8 Å². The van der Waals surface area contributed by atoms with Crippen molar-refractivity contribution < 1.29 is 13.9 Å². The summed E-state index contributed by atoms with van der Waals surface area (Å²) in [6.07, 6.45) is 0.848. The van der Waals surface area contributed by atoms with E-state index in [1.165, 1.54) is 6.07 Å². The molecule has 1 unspecified atom stereocenters. The molecule has 1 aliphatic rings. The summed E-state index contributed by atoms with van der Waals surface area (Å²) in [5.74, 6) is -0.0244. The van der Waals surface area contributed by atoms with Crippen LogP contribution in [0.5, 0.6) is 5.75 Å². The maximum absolute atomic E-state index is 14.6. The molecule has 1 amide bonds. The largest absolute Gasteiger partial charge is 0.497 e. The molecular weight excluding hydrogens is 319 g/mol. The summed E-state index contributed by atoms with van der Waals surface area (Å²) in [5, 5.41) is 0. The fourth-order valence-electron chi connectivity index (χ4n) is 3.19. The van der Waals surface area contributed by atoms with Gasteiger partial charge in [0.15, 0.2) is 0 Å². The number of hydrogen-bond acceptors (Lipinski definition) is 3. The molecule has 3 rings (SSSR count). The lowest BCUT2D eigenvalue weighted by Crippen LogP contribution is -2.34. The van der Waals surface area contributed by atoms with Crippen molar-refractivity contribution in [3.63, 3.8) is 0 Å². The van der Waals surface area contributed by atoms with Crippen LogP contribution < -0.4 is 10.5 Å². The van der Waals surface area contributed by atoms with Gasteiger partial charge >= 0.3 is 0 Å². The van der Waals surface area contributed by atoms with Crippen LogP contribution in [-0.4, -0.2) is 37.6 Å². The van der Waals surface area contributed by atoms with Gasteiger partial charge in [-0.3, -0.25) is 4.79 Å². The molecule has 0 aliphatic carbocycles. The summed E-state index contributed by atoms with van der Waals surface area (Å²) in [7, 11) is 1.60. The van der Waals surface area contributed by atoms with Crippen molar-refractivity contribution in [2.45, 2.75) is 13.3 Å². The molecule has 132 valence electrons. The number of hydrogen-bond donors (Lipinski definition) is 1. The molecule has 4 nitrogen and oxygen atoms in total. The van der Waals surface area contributed by atoms with E-state index in [2.05, 4.69) is 6.92 Å². The molecule has 0 bridgehead atoms. The lowest BCUT2D eigenvalue weighted by Gasteiger charge is -2.22. The summed E-state index contributed by atoms with van der Waals surface area (Å²) in [4.78, 5) is 14.3. The highest BCUT2D eigenvalue weighted by Crippen LogP contribution is 2.30. The maximum Gasteiger partial charge on any atom is 0.256 e. The van der Waals surface area contributed by atoms with Gasteiger partial charge in [0.1, 0.15) is 11.6 Å². The molecule has 0 radical (unpaired) electrons. The second kappa shape index (κ2) is 6.84. The fraction of sp³-hybridized carbons (Fsp3) is 0.350. The van der Waals surface area contributed by atoms with E-state index in [9.17, 15) is 9.18 Å². The molecule has 0 saturated carbocycles. The van der Waals surface area contributed by atoms with Gasteiger partial charge in [0.05, 0.1) is 12.7 Å². The summed E-state index contributed by atoms with van der Waals surface area (Å²) in [6.45, 7) is 3.77. The Balaban J connectivity index is 1.81. The first-order chi connectivity index (χ1) is 12.0. The molecule has 1 heterocycles. The third kappa shape index (κ3) is 3.51. The SMILES string of the molecule is COc1ccc(-c2ccc(C(=O)N3CCC(C)(CN)C3)c(F)c2)cc1. The number of methoxy groups -OCH3 is 1. The molecule has 25 heavy (non-hydrogen) atoms. The molecule has 1 aliphatic heterocycles. The quantitative estimate of drug-likeness (QED) is 0.927. The molecule has 1 saturated heterocycles. The van der Waals surface area contributed by atoms with Gasteiger partial charge < -0.3 is 15.4 Å². The molecule has 1 fully saturated rings. The normalized spacial score (nSPS) is 19.9. The number of nitrogens with zero attached hydrogens (tertiary/aromatic N) is 1. The first-order valence-corrected chi connectivity index (χ1v) is 8.39. The standard InChI is InChI=1S/C20H23FN2O2/c1-20(12-22)9-10-23(13-20)19(24)17-8-5-15(11-18(17)21)14-3-6-16(25-2)7-4-14/h3-8,11H,9-10,12-13,22H2,1-2H3. The van der Waals surface area contributed by atoms with Gasteiger partial charge in [-0.15, -0.1) is 0 Å². The number of rotatable bonds is 4. The van der Waals surface area contributed by atoms with E-state index in [-0.39, 0.29) is 16.9 Å². The van der Waals surface area contributed by atoms with E-state index >= 15 is 0 Å². The average Bonchev–Trinajstić information content (AvgIpc) is 3.04. The molecule has 2 aromatic carbocycles. The first-order valence-electron chi connectivity index (χ1n) is 8.39. The van der Waals surface area contributed by atoms with E-state index in [4.69, 9.17) is 10.5 Å². The first kappa shape index (κ1) is 17.4. The van der Waals surface area contributed by atoms with Gasteiger partial charge in [-0.2, -0.15) is 0 Å². The number of amides is 1. The van der Waals surface area contributed by atoms with Crippen LogP contribution in [0.3, 0.4) is 0 Å². The van der Waals surface area contributed by atoms with Crippen molar-refractivity contribution in [2.24, 2.45) is 11.1 Å². The van der Waals surface area contributed by atoms with E-state index in [0.29, 0.717) is 19.6 Å². The number of ether oxygens (including phenoxy) is 1. The second-order valence-electron chi connectivity index (χ2n) is 6.91. The van der Waals surface area contributed by atoms with Crippen molar-refractivity contribution in [1.29, 1.82) is 0 Å². The van der Waals surface area contributed by atoms with Crippen LogP contribution in [-0.2, 0) is 0 Å². The van der Waals surface area contributed by atoms with Crippen molar-refractivity contribution in [1.82, 2.24) is 4.90 Å². The molecule has 0 spiro atoms. The summed E-state index contributed by atoms with van der Waals surface area (Å²) < 4.78 is 19.7. The van der Waals surface area contributed by atoms with Crippen LogP contribution in [0.25, 0.3) is 11.1 Å². The van der Waals surface area contributed by atoms with Crippen molar-refractivity contribution >= 4 is 5.91 Å². The van der Waals surface area contributed by atoms with Crippen LogP contribution in [0.15, 0.2) is 42.5 Å². The highest BCUT2D eigenvalue weighted by molar-refractivity contribution is 5.95. The molecule has 2 aromatic rings. The Labute approximate surface area is 147 Å². The van der Waals surface area contributed by atoms with Gasteiger partial charge in [-0.05, 0) is 53.8 Å². The lowest BCUT2D eigenvalue weighted by molar-refractivity contribution is 0.0772. The van der Waals surface area contributed by atoms with E-state index in [1.54, 1.807) is 24.1 Å². The van der Waals surface area contributed by atoms with Crippen LogP contribution >= 0.6 is 0 Å². The minimum atomic E-state index is -0.500. The zero-order valence-electron chi connectivity index (χ0n) is 14.6. The molecular formula is C20H23FN2O2. The second-order valence-corrected chi connectivity index (χ2v) is 6.91. The third-order valence-electron chi connectivity index (χ3n) is 4.96. The van der Waals surface area contributed by atoms with Gasteiger partial charge in [0, 0.05) is 13.1 Å². The number of carbonyl (C=O) groups is 1. The zero-order chi connectivity index (χ0) is 18.0. The predicted octanol–water partition coefficient (Wildman–Crippen LogP) is 3.31. The predicted molar refractivity (Wildman–Crippen MR) is 96.1 cm³/mol. The van der Waals surface area contributed by atoms with Gasteiger partial charge in [0.2, 0.25) is 0 Å². The Morgan fingerprint density at radius 3 is 2.48 bits per heavy atom. The van der Waals surface area contributed by atoms with Crippen molar-refractivity contribution in [2.75, 3.05) is 26.7 Å². The molecule has 5 heteroatoms. The Bertz CT molecular complexity index is 776. The number of likely N-dealkylation sites (tertiary alicyclic amines) is 1. The number of halogens is 1. The van der Waals surface area contributed by atoms with Crippen LogP contribution in [0, 0.1) is 11.2 Å². The lowest BCUT2D eigenvalue weighted by atomic mass is 9.90. The zero-order valence-corrected chi connectivity index (χ0v) is 14.6. The number of carbonyl (C=O) groups excluding carboxylic acids is 1. The van der Waals surface area contributed by atoms with E-state index in [0.717, 1.165) is 23.3 Å². The van der Waals surface area contributed by atoms with E-state index in [1.807, 2.05) is 24.3 Å². The Kier molecular flexibility index (Phi) is 4.77. The Morgan fingerprint density at radius 1 is 1.24 bits per heavy atom. The van der Waals surface area contributed by atoms with E-state index < -0.39 is 5.82 Å². The monoisotopic (exact) mass is 342 g/mol. The number of nitrogens with two attached hydrogens (primary N) is 1. The summed E-state index contributed by atoms with van der Waals surface area (Å²) in [5.41, 5.74) is 7.42. The van der Waals surface area contributed by atoms with Crippen LogP contribution in [0.4, 0.5) is 4.39 Å². The third-order valence-corrected chi connectivity index (χ3v) is 4.96. The highest BCUT2D eigenvalue weighted by Gasteiger charge is 2.35. The Hall–Kier alpha value is -2.40. The molecule has 0 aromatic heterocycles. The molecule has 1 atom stereocenters. The maximum atomic E-state index is 14.6. The summed E-state index contributed by atoms with van der Waals surface area (Å²) in [6, 6.07) is 12.1. The van der Waals surface area contributed by atoms with Gasteiger partial charge in [0.25, 0.3) is 5.91 Å². The molecule has 2 N–H and O–H groups in total. The van der Waals surface area contributed by atoms with Crippen LogP contribution in [0.1, 0.15) is 23.7 Å². The topological polar surface area (TPSA) is 55.6 Å². The number of benzene rings is 2. The summed E-state index contributed by atoms with van der Waals surface area (Å²) >= 11 is 0. The van der Waals surface area contributed by atoms with Gasteiger partial charge in [-0.1, -0.05) is 25.1 Å². The van der Waals surface area contributed by atoms with Crippen LogP contribution in [0.2, 0.25) is 0 Å². The van der Waals surface area contributed by atoms with Crippen molar-refractivity contribution in [3.8, 4) is 16.9 Å². The Morgan fingerprint density at radius 2 is 1.92 bits per heavy atom.